The van der Waals surface area contributed by atoms with E-state index >= 15 is 0 Å². The Kier molecular flexibility index (Phi) is 4.84. The fourth-order valence-electron chi connectivity index (χ4n) is 1.60. The Morgan fingerprint density at radius 3 is 2.57 bits per heavy atom. The summed E-state index contributed by atoms with van der Waals surface area (Å²) in [6.07, 6.45) is 3.32. The second-order valence-corrected chi connectivity index (χ2v) is 5.54. The van der Waals surface area contributed by atoms with E-state index in [9.17, 15) is 0 Å². The maximum atomic E-state index is 5.78. The Hall–Kier alpha value is -2.47. The number of pyridine rings is 1. The minimum Gasteiger partial charge on any atom is -0.402 e. The summed E-state index contributed by atoms with van der Waals surface area (Å²) in [4.78, 5) is 9.65. The van der Waals surface area contributed by atoms with Crippen molar-refractivity contribution in [2.45, 2.75) is 16.8 Å². The van der Waals surface area contributed by atoms with E-state index in [0.29, 0.717) is 11.5 Å². The lowest BCUT2D eigenvalue weighted by Crippen LogP contribution is -2.09. The number of anilines is 1. The third-order valence-electron chi connectivity index (χ3n) is 2.45. The average molecular weight is 299 g/mol. The Bertz CT molecular complexity index is 673. The van der Waals surface area contributed by atoms with Gasteiger partial charge in [0.1, 0.15) is 10.9 Å². The van der Waals surface area contributed by atoms with Gasteiger partial charge in [-0.2, -0.15) is 0 Å². The summed E-state index contributed by atoms with van der Waals surface area (Å²) in [5.74, 6) is 0.365. The highest BCUT2D eigenvalue weighted by Gasteiger charge is 2.00. The van der Waals surface area contributed by atoms with Crippen LogP contribution in [-0.4, -0.2) is 10.8 Å². The molecule has 2 rings (SSSR count). The number of aromatic nitrogens is 1. The summed E-state index contributed by atoms with van der Waals surface area (Å²) >= 11 is 1.53. The molecular formula is C15H17N5S. The predicted molar refractivity (Wildman–Crippen MR) is 88.4 cm³/mol. The largest absolute Gasteiger partial charge is 0.402 e. The van der Waals surface area contributed by atoms with E-state index in [0.717, 1.165) is 21.3 Å². The molecule has 0 saturated heterocycles. The summed E-state index contributed by atoms with van der Waals surface area (Å²) in [6, 6.07) is 11.3. The van der Waals surface area contributed by atoms with Gasteiger partial charge in [-0.15, -0.1) is 0 Å². The standard InChI is InChI=1S/C15H17N5S/c1-10(16)8-14(18)20-12-6-7-19-15(9-12)21-13-4-2-11(17)3-5-13/h2-9H,16-17H2,1H3,(H2,18,19,20)/b10-8-. The average Bonchev–Trinajstić information content (AvgIpc) is 2.41. The van der Waals surface area contributed by atoms with Gasteiger partial charge < -0.3 is 17.2 Å². The van der Waals surface area contributed by atoms with E-state index < -0.39 is 0 Å². The van der Waals surface area contributed by atoms with Crippen molar-refractivity contribution in [3.8, 4) is 0 Å². The van der Waals surface area contributed by atoms with Gasteiger partial charge in [-0.25, -0.2) is 9.98 Å². The summed E-state index contributed by atoms with van der Waals surface area (Å²) in [5.41, 5.74) is 19.1. The number of amidine groups is 1. The van der Waals surface area contributed by atoms with Gasteiger partial charge in [0, 0.05) is 22.5 Å². The number of benzene rings is 1. The van der Waals surface area contributed by atoms with Crippen molar-refractivity contribution in [1.82, 2.24) is 4.98 Å². The molecule has 0 spiro atoms. The van der Waals surface area contributed by atoms with Gasteiger partial charge in [-0.05, 0) is 49.4 Å². The lowest BCUT2D eigenvalue weighted by atomic mass is 10.3. The van der Waals surface area contributed by atoms with Gasteiger partial charge >= 0.3 is 0 Å². The first kappa shape index (κ1) is 14.9. The Labute approximate surface area is 128 Å². The molecule has 0 unspecified atom stereocenters. The van der Waals surface area contributed by atoms with Crippen molar-refractivity contribution >= 4 is 29.0 Å². The normalized spacial score (nSPS) is 12.4. The van der Waals surface area contributed by atoms with Crippen LogP contribution in [0.5, 0.6) is 0 Å². The molecule has 0 saturated carbocycles. The summed E-state index contributed by atoms with van der Waals surface area (Å²) in [6.45, 7) is 1.76. The van der Waals surface area contributed by atoms with Gasteiger partial charge in [-0.1, -0.05) is 11.8 Å². The zero-order chi connectivity index (χ0) is 15.2. The van der Waals surface area contributed by atoms with Gasteiger partial charge in [0.2, 0.25) is 0 Å². The molecule has 6 heteroatoms. The molecular weight excluding hydrogens is 282 g/mol. The molecule has 6 N–H and O–H groups in total. The lowest BCUT2D eigenvalue weighted by molar-refractivity contribution is 1.13. The van der Waals surface area contributed by atoms with Crippen LogP contribution < -0.4 is 17.2 Å². The van der Waals surface area contributed by atoms with Crippen molar-refractivity contribution in [3.05, 3.63) is 54.4 Å². The van der Waals surface area contributed by atoms with Gasteiger partial charge in [0.05, 0.1) is 5.69 Å². The van der Waals surface area contributed by atoms with Crippen LogP contribution in [0.25, 0.3) is 0 Å². The molecule has 1 heterocycles. The SMILES string of the molecule is C/C(N)=C/C(N)=Nc1ccnc(Sc2ccc(N)cc2)c1. The molecule has 1 aromatic carbocycles. The van der Waals surface area contributed by atoms with E-state index in [1.165, 1.54) is 11.8 Å². The van der Waals surface area contributed by atoms with E-state index in [1.54, 1.807) is 25.3 Å². The highest BCUT2D eigenvalue weighted by molar-refractivity contribution is 7.99. The second-order valence-electron chi connectivity index (χ2n) is 4.45. The number of nitrogens with two attached hydrogens (primary N) is 3. The number of hydrogen-bond acceptors (Lipinski definition) is 5. The molecule has 21 heavy (non-hydrogen) atoms. The molecule has 0 aliphatic rings. The third-order valence-corrected chi connectivity index (χ3v) is 3.39. The summed E-state index contributed by atoms with van der Waals surface area (Å²) < 4.78 is 0. The quantitative estimate of drug-likeness (QED) is 0.457. The molecule has 0 bridgehead atoms. The Morgan fingerprint density at radius 2 is 1.90 bits per heavy atom. The van der Waals surface area contributed by atoms with E-state index in [1.807, 2.05) is 30.3 Å². The molecule has 0 aliphatic heterocycles. The van der Waals surface area contributed by atoms with E-state index in [4.69, 9.17) is 17.2 Å². The number of allylic oxidation sites excluding steroid dienone is 1. The molecule has 0 aliphatic carbocycles. The highest BCUT2D eigenvalue weighted by Crippen LogP contribution is 2.28. The third kappa shape index (κ3) is 4.85. The maximum absolute atomic E-state index is 5.78. The van der Waals surface area contributed by atoms with Crippen LogP contribution in [0.15, 0.2) is 69.3 Å². The molecule has 1 aromatic heterocycles. The van der Waals surface area contributed by atoms with Crippen molar-refractivity contribution in [2.75, 3.05) is 5.73 Å². The van der Waals surface area contributed by atoms with Crippen molar-refractivity contribution < 1.29 is 0 Å². The van der Waals surface area contributed by atoms with Gasteiger partial charge in [0.25, 0.3) is 0 Å². The van der Waals surface area contributed by atoms with Crippen LogP contribution >= 0.6 is 11.8 Å². The van der Waals surface area contributed by atoms with Gasteiger partial charge in [0.15, 0.2) is 0 Å². The molecule has 0 amide bonds. The number of hydrogen-bond donors (Lipinski definition) is 3. The fraction of sp³-hybridized carbons (Fsp3) is 0.0667. The van der Waals surface area contributed by atoms with Crippen LogP contribution in [-0.2, 0) is 0 Å². The van der Waals surface area contributed by atoms with E-state index in [-0.39, 0.29) is 0 Å². The number of nitrogens with zero attached hydrogens (tertiary/aromatic N) is 2. The summed E-state index contributed by atoms with van der Waals surface area (Å²) in [7, 11) is 0. The maximum Gasteiger partial charge on any atom is 0.125 e. The minimum atomic E-state index is 0.365. The predicted octanol–water partition coefficient (Wildman–Crippen LogP) is 2.67. The Morgan fingerprint density at radius 1 is 1.19 bits per heavy atom. The monoisotopic (exact) mass is 299 g/mol. The molecule has 0 fully saturated rings. The molecule has 0 radical (unpaired) electrons. The first-order valence-electron chi connectivity index (χ1n) is 6.30. The minimum absolute atomic E-state index is 0.365. The van der Waals surface area contributed by atoms with Crippen LogP contribution in [0.2, 0.25) is 0 Å². The zero-order valence-electron chi connectivity index (χ0n) is 11.7. The van der Waals surface area contributed by atoms with Gasteiger partial charge in [-0.3, -0.25) is 0 Å². The topological polar surface area (TPSA) is 103 Å². The first-order valence-corrected chi connectivity index (χ1v) is 7.12. The molecule has 2 aromatic rings. The van der Waals surface area contributed by atoms with Crippen LogP contribution in [0.3, 0.4) is 0 Å². The lowest BCUT2D eigenvalue weighted by Gasteiger charge is -2.03. The molecule has 0 atom stereocenters. The summed E-state index contributed by atoms with van der Waals surface area (Å²) in [5, 5.41) is 0.835. The van der Waals surface area contributed by atoms with Crippen molar-refractivity contribution in [1.29, 1.82) is 0 Å². The van der Waals surface area contributed by atoms with Crippen molar-refractivity contribution in [3.63, 3.8) is 0 Å². The van der Waals surface area contributed by atoms with Crippen molar-refractivity contribution in [2.24, 2.45) is 16.5 Å². The number of nitrogen functional groups attached to an aromatic ring is 1. The smallest absolute Gasteiger partial charge is 0.125 e. The number of rotatable bonds is 4. The van der Waals surface area contributed by atoms with E-state index in [2.05, 4.69) is 9.98 Å². The molecule has 5 nitrogen and oxygen atoms in total. The van der Waals surface area contributed by atoms with Crippen LogP contribution in [0.1, 0.15) is 6.92 Å². The Balaban J connectivity index is 2.18. The number of aliphatic imine (C=N–C) groups is 1. The first-order chi connectivity index (χ1) is 10.0. The van der Waals surface area contributed by atoms with Crippen LogP contribution in [0.4, 0.5) is 11.4 Å². The zero-order valence-corrected chi connectivity index (χ0v) is 12.5. The fourth-order valence-corrected chi connectivity index (χ4v) is 2.40. The molecule has 108 valence electrons. The highest BCUT2D eigenvalue weighted by atomic mass is 32.2. The second kappa shape index (κ2) is 6.81. The van der Waals surface area contributed by atoms with Crippen LogP contribution in [0, 0.1) is 0 Å².